The Labute approximate surface area is 189 Å². The quantitative estimate of drug-likeness (QED) is 0.353. The summed E-state index contributed by atoms with van der Waals surface area (Å²) in [4.78, 5) is 21.9. The van der Waals surface area contributed by atoms with Gasteiger partial charge in [0.15, 0.2) is 17.4 Å². The number of aromatic nitrogens is 1. The summed E-state index contributed by atoms with van der Waals surface area (Å²) in [7, 11) is 0. The number of halogens is 3. The van der Waals surface area contributed by atoms with Crippen molar-refractivity contribution in [2.24, 2.45) is 0 Å². The number of hydroxylamine groups is 1. The highest BCUT2D eigenvalue weighted by Gasteiger charge is 2.33. The van der Waals surface area contributed by atoms with Gasteiger partial charge in [0.1, 0.15) is 29.7 Å². The average Bonchev–Trinajstić information content (AvgIpc) is 3.24. The number of benzene rings is 1. The molecule has 1 saturated heterocycles. The van der Waals surface area contributed by atoms with E-state index in [0.29, 0.717) is 21.1 Å². The Morgan fingerprint density at radius 3 is 2.74 bits per heavy atom. The van der Waals surface area contributed by atoms with Crippen LogP contribution in [0.15, 0.2) is 35.0 Å². The summed E-state index contributed by atoms with van der Waals surface area (Å²) in [6, 6.07) is 3.87. The van der Waals surface area contributed by atoms with E-state index in [1.165, 1.54) is 30.6 Å². The molecule has 1 fully saturated rings. The molecular formula is C20H18F2IN3O5. The Morgan fingerprint density at radius 2 is 2.06 bits per heavy atom. The van der Waals surface area contributed by atoms with Crippen LogP contribution in [0.1, 0.15) is 24.4 Å². The molecule has 0 radical (unpaired) electrons. The van der Waals surface area contributed by atoms with Crippen LogP contribution in [0.5, 0.6) is 0 Å². The van der Waals surface area contributed by atoms with Crippen LogP contribution < -0.4 is 10.8 Å². The van der Waals surface area contributed by atoms with Crippen LogP contribution in [0, 0.1) is 15.2 Å². The van der Waals surface area contributed by atoms with Crippen LogP contribution in [0.4, 0.5) is 20.2 Å². The summed E-state index contributed by atoms with van der Waals surface area (Å²) in [6.45, 7) is 3.90. The lowest BCUT2D eigenvalue weighted by molar-refractivity contribution is -0.147. The molecule has 8 nitrogen and oxygen atoms in total. The van der Waals surface area contributed by atoms with Gasteiger partial charge in [-0.1, -0.05) is 0 Å². The molecule has 0 spiro atoms. The van der Waals surface area contributed by atoms with E-state index >= 15 is 0 Å². The van der Waals surface area contributed by atoms with Crippen molar-refractivity contribution in [3.8, 4) is 0 Å². The highest BCUT2D eigenvalue weighted by atomic mass is 127. The summed E-state index contributed by atoms with van der Waals surface area (Å²) >= 11 is 1.81. The highest BCUT2D eigenvalue weighted by Crippen LogP contribution is 2.35. The van der Waals surface area contributed by atoms with E-state index in [1.54, 1.807) is 36.4 Å². The van der Waals surface area contributed by atoms with Crippen molar-refractivity contribution in [3.05, 3.63) is 51.6 Å². The molecule has 0 unspecified atom stereocenters. The Balaban J connectivity index is 1.56. The summed E-state index contributed by atoms with van der Waals surface area (Å²) in [5.74, 6) is -3.31. The number of furan rings is 1. The van der Waals surface area contributed by atoms with Crippen molar-refractivity contribution < 1.29 is 32.3 Å². The number of hydrogen-bond donors (Lipinski definition) is 2. The first kappa shape index (κ1) is 21.9. The van der Waals surface area contributed by atoms with E-state index < -0.39 is 29.0 Å². The summed E-state index contributed by atoms with van der Waals surface area (Å²) in [5.41, 5.74) is 2.21. The summed E-state index contributed by atoms with van der Waals surface area (Å²) in [6.07, 6.45) is 2.54. The Bertz CT molecular complexity index is 1110. The maximum absolute atomic E-state index is 14.4. The lowest BCUT2D eigenvalue weighted by Gasteiger charge is -2.17. The van der Waals surface area contributed by atoms with Gasteiger partial charge in [-0.05, 0) is 54.6 Å². The topological polar surface area (TPSA) is 94.9 Å². The third-order valence-electron chi connectivity index (χ3n) is 4.45. The molecule has 0 aliphatic carbocycles. The van der Waals surface area contributed by atoms with Crippen LogP contribution in [0.25, 0.3) is 11.0 Å². The monoisotopic (exact) mass is 545 g/mol. The van der Waals surface area contributed by atoms with Crippen molar-refractivity contribution in [1.82, 2.24) is 10.5 Å². The molecule has 31 heavy (non-hydrogen) atoms. The van der Waals surface area contributed by atoms with Gasteiger partial charge in [-0.2, -0.15) is 0 Å². The minimum atomic E-state index is -0.814. The van der Waals surface area contributed by atoms with Crippen molar-refractivity contribution in [1.29, 1.82) is 0 Å². The molecule has 3 heterocycles. The third-order valence-corrected chi connectivity index (χ3v) is 5.08. The Morgan fingerprint density at radius 1 is 1.32 bits per heavy atom. The number of rotatable bonds is 6. The number of nitrogens with one attached hydrogen (secondary N) is 2. The zero-order valence-electron chi connectivity index (χ0n) is 16.5. The molecule has 1 atom stereocenters. The summed E-state index contributed by atoms with van der Waals surface area (Å²) in [5, 5.41) is 3.01. The van der Waals surface area contributed by atoms with Gasteiger partial charge < -0.3 is 19.2 Å². The predicted octanol–water partition coefficient (Wildman–Crippen LogP) is 4.27. The maximum Gasteiger partial charge on any atom is 0.312 e. The molecule has 1 amide bonds. The first-order valence-corrected chi connectivity index (χ1v) is 10.3. The van der Waals surface area contributed by atoms with E-state index in [1.807, 2.05) is 0 Å². The van der Waals surface area contributed by atoms with E-state index in [0.717, 1.165) is 0 Å². The molecule has 3 aromatic rings. The van der Waals surface area contributed by atoms with E-state index in [4.69, 9.17) is 18.7 Å². The minimum Gasteiger partial charge on any atom is -0.448 e. The summed E-state index contributed by atoms with van der Waals surface area (Å²) < 4.78 is 45.8. The molecule has 2 N–H and O–H groups in total. The lowest BCUT2D eigenvalue weighted by Crippen LogP contribution is -2.30. The smallest absolute Gasteiger partial charge is 0.312 e. The molecule has 1 aliphatic heterocycles. The maximum atomic E-state index is 14.4. The van der Waals surface area contributed by atoms with Gasteiger partial charge in [0.05, 0.1) is 12.0 Å². The number of carbonyl (C=O) groups excluding carboxylic acids is 1. The van der Waals surface area contributed by atoms with Crippen molar-refractivity contribution in [2.75, 3.05) is 18.5 Å². The first-order valence-electron chi connectivity index (χ1n) is 9.25. The van der Waals surface area contributed by atoms with Crippen molar-refractivity contribution >= 4 is 50.8 Å². The lowest BCUT2D eigenvalue weighted by atomic mass is 10.2. The van der Waals surface area contributed by atoms with Crippen LogP contribution in [-0.4, -0.2) is 36.0 Å². The standard InChI is InChI=1S/C20H18F2IN3O5/c1-20(2)28-8-11(31-20)9-29-26-19(27)18-16(12-7-24-4-3-15(12)30-18)25-17-13(21)5-10(23)6-14(17)22/h3-7,11,25H,8-9H2,1-2H3,(H,26,27)/t11-/m1/s1. The van der Waals surface area contributed by atoms with Crippen LogP contribution >= 0.6 is 22.6 Å². The van der Waals surface area contributed by atoms with Gasteiger partial charge in [0.2, 0.25) is 5.76 Å². The largest absolute Gasteiger partial charge is 0.448 e. The molecule has 1 aliphatic rings. The molecule has 0 saturated carbocycles. The number of nitrogens with zero attached hydrogens (tertiary/aromatic N) is 1. The molecule has 0 bridgehead atoms. The fourth-order valence-electron chi connectivity index (χ4n) is 3.10. The predicted molar refractivity (Wildman–Crippen MR) is 115 cm³/mol. The van der Waals surface area contributed by atoms with Crippen LogP contribution in [-0.2, 0) is 14.3 Å². The third kappa shape index (κ3) is 4.79. The van der Waals surface area contributed by atoms with Gasteiger partial charge >= 0.3 is 5.91 Å². The minimum absolute atomic E-state index is 0.0418. The molecule has 1 aromatic carbocycles. The second kappa shape index (κ2) is 8.65. The number of fused-ring (bicyclic) bond motifs is 1. The Kier molecular flexibility index (Phi) is 6.10. The van der Waals surface area contributed by atoms with Crippen molar-refractivity contribution in [2.45, 2.75) is 25.7 Å². The molecule has 164 valence electrons. The zero-order chi connectivity index (χ0) is 22.2. The highest BCUT2D eigenvalue weighted by molar-refractivity contribution is 14.1. The first-order chi connectivity index (χ1) is 14.7. The van der Waals surface area contributed by atoms with E-state index in [-0.39, 0.29) is 24.2 Å². The van der Waals surface area contributed by atoms with E-state index in [2.05, 4.69) is 15.8 Å². The zero-order valence-corrected chi connectivity index (χ0v) is 18.7. The molecular weight excluding hydrogens is 527 g/mol. The average molecular weight is 545 g/mol. The number of carbonyl (C=O) groups is 1. The van der Waals surface area contributed by atoms with Gasteiger partial charge in [0, 0.05) is 16.0 Å². The second-order valence-corrected chi connectivity index (χ2v) is 8.49. The SMILES string of the molecule is CC1(C)OC[C@H](CONC(=O)c2oc3ccncc3c2Nc2c(F)cc(I)cc2F)O1. The van der Waals surface area contributed by atoms with Crippen LogP contribution in [0.3, 0.4) is 0 Å². The van der Waals surface area contributed by atoms with Gasteiger partial charge in [-0.3, -0.25) is 14.6 Å². The fourth-order valence-corrected chi connectivity index (χ4v) is 3.65. The van der Waals surface area contributed by atoms with Gasteiger partial charge in [0.25, 0.3) is 0 Å². The van der Waals surface area contributed by atoms with Gasteiger partial charge in [-0.25, -0.2) is 14.3 Å². The van der Waals surface area contributed by atoms with Crippen molar-refractivity contribution in [3.63, 3.8) is 0 Å². The number of amides is 1. The molecule has 2 aromatic heterocycles. The normalized spacial score (nSPS) is 17.8. The van der Waals surface area contributed by atoms with Crippen LogP contribution in [0.2, 0.25) is 0 Å². The fraction of sp³-hybridized carbons (Fsp3) is 0.300. The molecule has 11 heteroatoms. The number of ether oxygens (including phenoxy) is 2. The second-order valence-electron chi connectivity index (χ2n) is 7.24. The van der Waals surface area contributed by atoms with Gasteiger partial charge in [-0.15, -0.1) is 0 Å². The molecule has 4 rings (SSSR count). The Hall–Kier alpha value is -2.35. The number of anilines is 2. The number of pyridine rings is 1. The van der Waals surface area contributed by atoms with E-state index in [9.17, 15) is 13.6 Å². The number of hydrogen-bond acceptors (Lipinski definition) is 7.